The molecular weight excluding hydrogens is 194 g/mol. The average Bonchev–Trinajstić information content (AvgIpc) is 2.23. The standard InChI is InChI=1S/C11H11NO3/c1-6(12)8-4-7-2-3-9(13)10(14)11(7)15-5-8/h2-4,12-14H,5H2,1H3. The highest BCUT2D eigenvalue weighted by molar-refractivity contribution is 6.01. The molecule has 1 aliphatic heterocycles. The van der Waals surface area contributed by atoms with Gasteiger partial charge in [0.15, 0.2) is 11.5 Å². The van der Waals surface area contributed by atoms with Crippen molar-refractivity contribution in [1.29, 1.82) is 5.41 Å². The van der Waals surface area contributed by atoms with Gasteiger partial charge in [0, 0.05) is 16.8 Å². The van der Waals surface area contributed by atoms with Crippen LogP contribution in [0.2, 0.25) is 0 Å². The highest BCUT2D eigenvalue weighted by Gasteiger charge is 2.18. The van der Waals surface area contributed by atoms with E-state index in [9.17, 15) is 10.2 Å². The number of phenols is 2. The molecular formula is C11H11NO3. The first kappa shape index (κ1) is 9.58. The Balaban J connectivity index is 2.53. The number of hydrogen-bond donors (Lipinski definition) is 3. The van der Waals surface area contributed by atoms with Crippen LogP contribution in [-0.4, -0.2) is 22.5 Å². The van der Waals surface area contributed by atoms with E-state index < -0.39 is 0 Å². The van der Waals surface area contributed by atoms with Crippen molar-refractivity contribution in [3.8, 4) is 17.2 Å². The molecule has 0 saturated heterocycles. The van der Waals surface area contributed by atoms with Gasteiger partial charge in [-0.1, -0.05) is 0 Å². The van der Waals surface area contributed by atoms with Gasteiger partial charge in [-0.3, -0.25) is 0 Å². The van der Waals surface area contributed by atoms with Crippen molar-refractivity contribution in [2.75, 3.05) is 6.61 Å². The fraction of sp³-hybridized carbons (Fsp3) is 0.182. The number of hydrogen-bond acceptors (Lipinski definition) is 4. The minimum atomic E-state index is -0.245. The minimum absolute atomic E-state index is 0.197. The molecule has 0 bridgehead atoms. The van der Waals surface area contributed by atoms with Crippen LogP contribution in [0, 0.1) is 5.41 Å². The molecule has 4 nitrogen and oxygen atoms in total. The lowest BCUT2D eigenvalue weighted by atomic mass is 10.0. The van der Waals surface area contributed by atoms with Crippen molar-refractivity contribution in [1.82, 2.24) is 0 Å². The second kappa shape index (κ2) is 3.31. The summed E-state index contributed by atoms with van der Waals surface area (Å²) in [6, 6.07) is 3.04. The van der Waals surface area contributed by atoms with E-state index in [0.29, 0.717) is 11.3 Å². The predicted molar refractivity (Wildman–Crippen MR) is 56.6 cm³/mol. The Hall–Kier alpha value is -1.97. The lowest BCUT2D eigenvalue weighted by molar-refractivity contribution is 0.316. The normalized spacial score (nSPS) is 13.8. The summed E-state index contributed by atoms with van der Waals surface area (Å²) in [6.45, 7) is 1.93. The SMILES string of the molecule is CC(=N)C1=Cc2ccc(O)c(O)c2OC1. The van der Waals surface area contributed by atoms with Gasteiger partial charge < -0.3 is 20.4 Å². The maximum absolute atomic E-state index is 9.51. The first-order chi connectivity index (χ1) is 7.09. The second-order valence-electron chi connectivity index (χ2n) is 3.43. The molecule has 78 valence electrons. The van der Waals surface area contributed by atoms with Crippen LogP contribution in [0.25, 0.3) is 6.08 Å². The molecule has 3 N–H and O–H groups in total. The van der Waals surface area contributed by atoms with E-state index in [1.54, 1.807) is 19.1 Å². The summed E-state index contributed by atoms with van der Waals surface area (Å²) in [6.07, 6.45) is 1.78. The van der Waals surface area contributed by atoms with E-state index >= 15 is 0 Å². The van der Waals surface area contributed by atoms with Gasteiger partial charge in [0.1, 0.15) is 6.61 Å². The monoisotopic (exact) mass is 205 g/mol. The third kappa shape index (κ3) is 1.54. The van der Waals surface area contributed by atoms with Crippen molar-refractivity contribution >= 4 is 11.8 Å². The van der Waals surface area contributed by atoms with Crippen molar-refractivity contribution in [3.05, 3.63) is 23.3 Å². The molecule has 0 unspecified atom stereocenters. The molecule has 0 aromatic heterocycles. The van der Waals surface area contributed by atoms with E-state index in [4.69, 9.17) is 10.1 Å². The molecule has 4 heteroatoms. The number of nitrogens with one attached hydrogen (secondary N) is 1. The molecule has 0 amide bonds. The number of phenolic OH excluding ortho intramolecular Hbond substituents is 2. The first-order valence-electron chi connectivity index (χ1n) is 4.53. The van der Waals surface area contributed by atoms with Gasteiger partial charge in [0.2, 0.25) is 5.75 Å². The summed E-state index contributed by atoms with van der Waals surface area (Å²) in [5.74, 6) is -0.164. The second-order valence-corrected chi connectivity index (χ2v) is 3.43. The van der Waals surface area contributed by atoms with Gasteiger partial charge in [-0.25, -0.2) is 0 Å². The van der Waals surface area contributed by atoms with E-state index in [2.05, 4.69) is 0 Å². The zero-order chi connectivity index (χ0) is 11.0. The summed E-state index contributed by atoms with van der Waals surface area (Å²) in [5.41, 5.74) is 1.89. The molecule has 0 aliphatic carbocycles. The van der Waals surface area contributed by atoms with Crippen molar-refractivity contribution in [2.45, 2.75) is 6.92 Å². The molecule has 0 spiro atoms. The van der Waals surface area contributed by atoms with Crippen molar-refractivity contribution in [2.24, 2.45) is 0 Å². The zero-order valence-corrected chi connectivity index (χ0v) is 8.24. The molecule has 0 atom stereocenters. The van der Waals surface area contributed by atoms with E-state index in [1.165, 1.54) is 6.07 Å². The Labute approximate surface area is 86.9 Å². The molecule has 2 rings (SSSR count). The number of benzene rings is 1. The maximum atomic E-state index is 9.51. The number of aromatic hydroxyl groups is 2. The van der Waals surface area contributed by atoms with Crippen LogP contribution in [0.15, 0.2) is 17.7 Å². The summed E-state index contributed by atoms with van der Waals surface area (Å²) in [4.78, 5) is 0. The Morgan fingerprint density at radius 1 is 1.40 bits per heavy atom. The zero-order valence-electron chi connectivity index (χ0n) is 8.24. The van der Waals surface area contributed by atoms with Crippen LogP contribution in [-0.2, 0) is 0 Å². The molecule has 1 aromatic carbocycles. The van der Waals surface area contributed by atoms with Crippen LogP contribution in [0.5, 0.6) is 17.2 Å². The highest BCUT2D eigenvalue weighted by atomic mass is 16.5. The fourth-order valence-electron chi connectivity index (χ4n) is 1.44. The number of ether oxygens (including phenoxy) is 1. The molecule has 1 heterocycles. The Bertz CT molecular complexity index is 463. The van der Waals surface area contributed by atoms with Crippen LogP contribution >= 0.6 is 0 Å². The van der Waals surface area contributed by atoms with Crippen molar-refractivity contribution < 1.29 is 14.9 Å². The number of rotatable bonds is 1. The van der Waals surface area contributed by atoms with E-state index in [0.717, 1.165) is 5.57 Å². The maximum Gasteiger partial charge on any atom is 0.201 e. The Kier molecular flexibility index (Phi) is 2.11. The lowest BCUT2D eigenvalue weighted by Gasteiger charge is -2.18. The van der Waals surface area contributed by atoms with E-state index in [1.807, 2.05) is 0 Å². The van der Waals surface area contributed by atoms with E-state index in [-0.39, 0.29) is 23.9 Å². The molecule has 1 aliphatic rings. The third-order valence-electron chi connectivity index (χ3n) is 2.32. The third-order valence-corrected chi connectivity index (χ3v) is 2.32. The van der Waals surface area contributed by atoms with Gasteiger partial charge >= 0.3 is 0 Å². The lowest BCUT2D eigenvalue weighted by Crippen LogP contribution is -2.12. The van der Waals surface area contributed by atoms with Crippen LogP contribution in [0.3, 0.4) is 0 Å². The molecule has 0 radical (unpaired) electrons. The fourth-order valence-corrected chi connectivity index (χ4v) is 1.44. The van der Waals surface area contributed by atoms with Gasteiger partial charge in [-0.05, 0) is 25.1 Å². The van der Waals surface area contributed by atoms with Crippen LogP contribution in [0.4, 0.5) is 0 Å². The molecule has 15 heavy (non-hydrogen) atoms. The number of fused-ring (bicyclic) bond motifs is 1. The molecule has 0 fully saturated rings. The molecule has 0 saturated carbocycles. The summed E-state index contributed by atoms with van der Waals surface area (Å²) >= 11 is 0. The summed E-state index contributed by atoms with van der Waals surface area (Å²) < 4.78 is 5.29. The Morgan fingerprint density at radius 2 is 2.13 bits per heavy atom. The van der Waals surface area contributed by atoms with Gasteiger partial charge in [0.05, 0.1) is 0 Å². The van der Waals surface area contributed by atoms with Crippen LogP contribution < -0.4 is 4.74 Å². The Morgan fingerprint density at radius 3 is 2.80 bits per heavy atom. The van der Waals surface area contributed by atoms with Gasteiger partial charge in [-0.15, -0.1) is 0 Å². The molecule has 1 aromatic rings. The van der Waals surface area contributed by atoms with Gasteiger partial charge in [0.25, 0.3) is 0 Å². The van der Waals surface area contributed by atoms with Gasteiger partial charge in [-0.2, -0.15) is 0 Å². The minimum Gasteiger partial charge on any atom is -0.504 e. The largest absolute Gasteiger partial charge is 0.504 e. The smallest absolute Gasteiger partial charge is 0.201 e. The topological polar surface area (TPSA) is 73.5 Å². The van der Waals surface area contributed by atoms with Crippen molar-refractivity contribution in [3.63, 3.8) is 0 Å². The quantitative estimate of drug-likeness (QED) is 0.484. The van der Waals surface area contributed by atoms with Crippen LogP contribution in [0.1, 0.15) is 12.5 Å². The summed E-state index contributed by atoms with van der Waals surface area (Å²) in [7, 11) is 0. The summed E-state index contributed by atoms with van der Waals surface area (Å²) in [5, 5.41) is 26.2. The first-order valence-corrected chi connectivity index (χ1v) is 4.53. The highest BCUT2D eigenvalue weighted by Crippen LogP contribution is 2.41. The predicted octanol–water partition coefficient (Wildman–Crippen LogP) is 1.91. The average molecular weight is 205 g/mol.